The Morgan fingerprint density at radius 2 is 1.64 bits per heavy atom. The Bertz CT molecular complexity index is 1360. The van der Waals surface area contributed by atoms with Crippen LogP contribution in [0, 0.1) is 0 Å². The monoisotopic (exact) mass is 482 g/mol. The van der Waals surface area contributed by atoms with Gasteiger partial charge in [0.05, 0.1) is 22.8 Å². The highest BCUT2D eigenvalue weighted by atomic mass is 16.2. The smallest absolute Gasteiger partial charge is 0.319 e. The largest absolute Gasteiger partial charge is 0.338 e. The lowest BCUT2D eigenvalue weighted by Crippen LogP contribution is -2.47. The van der Waals surface area contributed by atoms with E-state index < -0.39 is 0 Å². The molecule has 8 heteroatoms. The first-order chi connectivity index (χ1) is 17.5. The van der Waals surface area contributed by atoms with Gasteiger partial charge in [0, 0.05) is 36.4 Å². The molecule has 1 aliphatic rings. The molecule has 1 fully saturated rings. The molecule has 2 N–H and O–H groups in total. The number of carbonyl (C=O) groups is 2. The molecule has 2 aromatic carbocycles. The first-order valence-corrected chi connectivity index (χ1v) is 12.3. The Balaban J connectivity index is 1.33. The Morgan fingerprint density at radius 1 is 0.972 bits per heavy atom. The van der Waals surface area contributed by atoms with E-state index in [2.05, 4.69) is 29.6 Å². The number of likely N-dealkylation sites (tertiary alicyclic amines) is 1. The predicted octanol–water partition coefficient (Wildman–Crippen LogP) is 5.11. The van der Waals surface area contributed by atoms with Crippen molar-refractivity contribution in [2.24, 2.45) is 0 Å². The standard InChI is InChI=1S/C28H30N6O2/c1-19(2)34-26-24(18-29-34)23(17-25(32-26)20-9-5-3-6-10-20)27(35)33-15-13-22(14-16-33)31-28(36)30-21-11-7-4-8-12-21/h3-12,17-19,22H,13-16H2,1-2H3,(H2,30,31,36). The highest BCUT2D eigenvalue weighted by Crippen LogP contribution is 2.28. The van der Waals surface area contributed by atoms with E-state index in [1.54, 1.807) is 6.20 Å². The van der Waals surface area contributed by atoms with Gasteiger partial charge < -0.3 is 15.5 Å². The first kappa shape index (κ1) is 23.5. The number of piperidine rings is 1. The summed E-state index contributed by atoms with van der Waals surface area (Å²) in [5.74, 6) is -0.0323. The first-order valence-electron chi connectivity index (χ1n) is 12.3. The lowest BCUT2D eigenvalue weighted by Gasteiger charge is -2.32. The minimum absolute atomic E-state index is 0.0128. The van der Waals surface area contributed by atoms with Crippen molar-refractivity contribution < 1.29 is 9.59 Å². The van der Waals surface area contributed by atoms with Crippen LogP contribution in [0.3, 0.4) is 0 Å². The molecule has 3 heterocycles. The van der Waals surface area contributed by atoms with Crippen molar-refractivity contribution in [3.63, 3.8) is 0 Å². The minimum Gasteiger partial charge on any atom is -0.338 e. The van der Waals surface area contributed by atoms with Crippen LogP contribution in [0.1, 0.15) is 43.1 Å². The number of fused-ring (bicyclic) bond motifs is 1. The molecular weight excluding hydrogens is 452 g/mol. The average molecular weight is 483 g/mol. The summed E-state index contributed by atoms with van der Waals surface area (Å²) < 4.78 is 1.86. The summed E-state index contributed by atoms with van der Waals surface area (Å²) in [4.78, 5) is 32.8. The summed E-state index contributed by atoms with van der Waals surface area (Å²) in [6.45, 7) is 5.24. The number of anilines is 1. The third kappa shape index (κ3) is 4.93. The van der Waals surface area contributed by atoms with Crippen LogP contribution in [0.2, 0.25) is 0 Å². The van der Waals surface area contributed by atoms with Gasteiger partial charge in [0.25, 0.3) is 5.91 Å². The molecule has 0 unspecified atom stereocenters. The van der Waals surface area contributed by atoms with Crippen molar-refractivity contribution in [1.29, 1.82) is 0 Å². The van der Waals surface area contributed by atoms with E-state index in [4.69, 9.17) is 4.98 Å². The maximum atomic E-state index is 13.7. The highest BCUT2D eigenvalue weighted by molar-refractivity contribution is 6.06. The van der Waals surface area contributed by atoms with Crippen LogP contribution in [0.15, 0.2) is 72.9 Å². The Labute approximate surface area is 210 Å². The number of benzene rings is 2. The minimum atomic E-state index is -0.226. The molecule has 0 radical (unpaired) electrons. The molecule has 1 aliphatic heterocycles. The predicted molar refractivity (Wildman–Crippen MR) is 141 cm³/mol. The zero-order chi connectivity index (χ0) is 25.1. The van der Waals surface area contributed by atoms with E-state index in [1.807, 2.05) is 76.3 Å². The summed E-state index contributed by atoms with van der Waals surface area (Å²) in [5.41, 5.74) is 3.78. The van der Waals surface area contributed by atoms with Gasteiger partial charge in [0.1, 0.15) is 0 Å². The quantitative estimate of drug-likeness (QED) is 0.414. The van der Waals surface area contributed by atoms with Gasteiger partial charge in [-0.1, -0.05) is 48.5 Å². The number of para-hydroxylation sites is 1. The fourth-order valence-electron chi connectivity index (χ4n) is 4.60. The van der Waals surface area contributed by atoms with Gasteiger partial charge in [-0.05, 0) is 44.9 Å². The van der Waals surface area contributed by atoms with Crippen molar-refractivity contribution in [2.45, 2.75) is 38.8 Å². The van der Waals surface area contributed by atoms with Crippen molar-refractivity contribution in [3.05, 3.63) is 78.5 Å². The Kier molecular flexibility index (Phi) is 6.66. The molecular formula is C28H30N6O2. The summed E-state index contributed by atoms with van der Waals surface area (Å²) in [5, 5.41) is 11.2. The molecule has 0 aliphatic carbocycles. The number of pyridine rings is 1. The number of aromatic nitrogens is 3. The van der Waals surface area contributed by atoms with Crippen molar-refractivity contribution in [2.75, 3.05) is 18.4 Å². The van der Waals surface area contributed by atoms with Gasteiger partial charge in [-0.2, -0.15) is 5.10 Å². The molecule has 1 saturated heterocycles. The molecule has 36 heavy (non-hydrogen) atoms. The van der Waals surface area contributed by atoms with Crippen LogP contribution in [-0.4, -0.2) is 50.7 Å². The van der Waals surface area contributed by atoms with Gasteiger partial charge in [0.15, 0.2) is 5.65 Å². The zero-order valence-electron chi connectivity index (χ0n) is 20.5. The van der Waals surface area contributed by atoms with Crippen LogP contribution in [0.4, 0.5) is 10.5 Å². The maximum absolute atomic E-state index is 13.7. The molecule has 0 saturated carbocycles. The van der Waals surface area contributed by atoms with Crippen molar-refractivity contribution in [1.82, 2.24) is 25.0 Å². The van der Waals surface area contributed by atoms with E-state index in [9.17, 15) is 9.59 Å². The third-order valence-corrected chi connectivity index (χ3v) is 6.50. The fraction of sp³-hybridized carbons (Fsp3) is 0.286. The molecule has 184 valence electrons. The van der Waals surface area contributed by atoms with Crippen LogP contribution < -0.4 is 10.6 Å². The summed E-state index contributed by atoms with van der Waals surface area (Å²) in [6, 6.07) is 21.0. The number of hydrogen-bond acceptors (Lipinski definition) is 4. The number of urea groups is 1. The maximum Gasteiger partial charge on any atom is 0.319 e. The second-order valence-corrected chi connectivity index (χ2v) is 9.37. The number of amides is 3. The van der Waals surface area contributed by atoms with Crippen LogP contribution >= 0.6 is 0 Å². The molecule has 0 spiro atoms. The van der Waals surface area contributed by atoms with Crippen molar-refractivity contribution in [3.8, 4) is 11.3 Å². The van der Waals surface area contributed by atoms with Crippen molar-refractivity contribution >= 4 is 28.7 Å². The second-order valence-electron chi connectivity index (χ2n) is 9.37. The molecule has 0 atom stereocenters. The highest BCUT2D eigenvalue weighted by Gasteiger charge is 2.27. The lowest BCUT2D eigenvalue weighted by molar-refractivity contribution is 0.0711. The van der Waals surface area contributed by atoms with Gasteiger partial charge in [-0.25, -0.2) is 14.5 Å². The Morgan fingerprint density at radius 3 is 2.31 bits per heavy atom. The van der Waals surface area contributed by atoms with E-state index in [1.165, 1.54) is 0 Å². The number of carbonyl (C=O) groups excluding carboxylic acids is 2. The summed E-state index contributed by atoms with van der Waals surface area (Å²) >= 11 is 0. The van der Waals surface area contributed by atoms with Gasteiger partial charge in [-0.3, -0.25) is 4.79 Å². The van der Waals surface area contributed by atoms with E-state index in [-0.39, 0.29) is 24.0 Å². The van der Waals surface area contributed by atoms with E-state index in [0.29, 0.717) is 37.1 Å². The normalized spacial score (nSPS) is 14.2. The molecule has 8 nitrogen and oxygen atoms in total. The second kappa shape index (κ2) is 10.2. The van der Waals surface area contributed by atoms with Gasteiger partial charge >= 0.3 is 6.03 Å². The zero-order valence-corrected chi connectivity index (χ0v) is 20.5. The molecule has 4 aromatic rings. The number of nitrogens with one attached hydrogen (secondary N) is 2. The number of rotatable bonds is 5. The average Bonchev–Trinajstić information content (AvgIpc) is 3.34. The summed E-state index contributed by atoms with van der Waals surface area (Å²) in [6.07, 6.45) is 3.13. The number of nitrogens with zero attached hydrogens (tertiary/aromatic N) is 4. The lowest BCUT2D eigenvalue weighted by atomic mass is 10.0. The third-order valence-electron chi connectivity index (χ3n) is 6.50. The van der Waals surface area contributed by atoms with E-state index >= 15 is 0 Å². The van der Waals surface area contributed by atoms with Crippen LogP contribution in [0.5, 0.6) is 0 Å². The SMILES string of the molecule is CC(C)n1ncc2c(C(=O)N3CCC(NC(=O)Nc4ccccc4)CC3)cc(-c3ccccc3)nc21. The number of hydrogen-bond donors (Lipinski definition) is 2. The molecule has 5 rings (SSSR count). The Hall–Kier alpha value is -4.20. The topological polar surface area (TPSA) is 92.2 Å². The van der Waals surface area contributed by atoms with Crippen LogP contribution in [-0.2, 0) is 0 Å². The molecule has 3 amide bonds. The van der Waals surface area contributed by atoms with Crippen LogP contribution in [0.25, 0.3) is 22.3 Å². The van der Waals surface area contributed by atoms with E-state index in [0.717, 1.165) is 22.3 Å². The van der Waals surface area contributed by atoms with Gasteiger partial charge in [-0.15, -0.1) is 0 Å². The fourth-order valence-corrected chi connectivity index (χ4v) is 4.60. The molecule has 2 aromatic heterocycles. The molecule has 0 bridgehead atoms. The summed E-state index contributed by atoms with van der Waals surface area (Å²) in [7, 11) is 0. The van der Waals surface area contributed by atoms with Gasteiger partial charge in [0.2, 0.25) is 0 Å².